The number of ether oxygens (including phenoxy) is 2. The third-order valence-corrected chi connectivity index (χ3v) is 2.61. The first-order valence-corrected chi connectivity index (χ1v) is 6.87. The fraction of sp³-hybridized carbons (Fsp3) is 0.467. The van der Waals surface area contributed by atoms with Gasteiger partial charge in [0, 0.05) is 18.8 Å². The van der Waals surface area contributed by atoms with Crippen molar-refractivity contribution in [1.82, 2.24) is 5.32 Å². The molecule has 0 aliphatic carbocycles. The van der Waals surface area contributed by atoms with E-state index in [4.69, 9.17) is 9.47 Å². The topological polar surface area (TPSA) is 76.7 Å². The van der Waals surface area contributed by atoms with E-state index in [1.807, 2.05) is 13.8 Å². The minimum atomic E-state index is -0.690. The molecule has 116 valence electrons. The molecule has 0 aromatic heterocycles. The van der Waals surface area contributed by atoms with Crippen LogP contribution in [0.15, 0.2) is 24.3 Å². The SMILES string of the molecule is COc1ccc(NC(=O)C(=O)NCCCOC(C)C)cc1. The van der Waals surface area contributed by atoms with Crippen molar-refractivity contribution in [2.45, 2.75) is 26.4 Å². The van der Waals surface area contributed by atoms with Crippen LogP contribution in [0.2, 0.25) is 0 Å². The van der Waals surface area contributed by atoms with Gasteiger partial charge in [-0.2, -0.15) is 0 Å². The molecule has 2 N–H and O–H groups in total. The van der Waals surface area contributed by atoms with Gasteiger partial charge in [0.1, 0.15) is 5.75 Å². The molecule has 1 rings (SSSR count). The standard InChI is InChI=1S/C15H22N2O4/c1-11(2)21-10-4-9-16-14(18)15(19)17-12-5-7-13(20-3)8-6-12/h5-8,11H,4,9-10H2,1-3H3,(H,16,18)(H,17,19). The van der Waals surface area contributed by atoms with Gasteiger partial charge in [-0.3, -0.25) is 9.59 Å². The third kappa shape index (κ3) is 6.76. The van der Waals surface area contributed by atoms with E-state index in [1.165, 1.54) is 0 Å². The average Bonchev–Trinajstić information content (AvgIpc) is 2.47. The molecule has 0 bridgehead atoms. The number of methoxy groups -OCH3 is 1. The van der Waals surface area contributed by atoms with Crippen molar-refractivity contribution >= 4 is 17.5 Å². The van der Waals surface area contributed by atoms with E-state index in [0.717, 1.165) is 0 Å². The quantitative estimate of drug-likeness (QED) is 0.591. The zero-order chi connectivity index (χ0) is 15.7. The lowest BCUT2D eigenvalue weighted by atomic mass is 10.3. The molecule has 0 aliphatic heterocycles. The molecule has 1 aromatic rings. The molecule has 0 unspecified atom stereocenters. The van der Waals surface area contributed by atoms with Crippen molar-refractivity contribution in [1.29, 1.82) is 0 Å². The lowest BCUT2D eigenvalue weighted by Crippen LogP contribution is -2.36. The zero-order valence-electron chi connectivity index (χ0n) is 12.6. The number of hydrogen-bond acceptors (Lipinski definition) is 4. The van der Waals surface area contributed by atoms with Crippen molar-refractivity contribution < 1.29 is 19.1 Å². The summed E-state index contributed by atoms with van der Waals surface area (Å²) in [5.74, 6) is -0.664. The van der Waals surface area contributed by atoms with Crippen molar-refractivity contribution in [3.05, 3.63) is 24.3 Å². The molecule has 0 heterocycles. The summed E-state index contributed by atoms with van der Waals surface area (Å²) in [5.41, 5.74) is 0.541. The summed E-state index contributed by atoms with van der Waals surface area (Å²) in [5, 5.41) is 5.06. The zero-order valence-corrected chi connectivity index (χ0v) is 12.6. The second-order valence-corrected chi connectivity index (χ2v) is 4.71. The smallest absolute Gasteiger partial charge is 0.313 e. The fourth-order valence-electron chi connectivity index (χ4n) is 1.54. The van der Waals surface area contributed by atoms with Crippen molar-refractivity contribution in [2.75, 3.05) is 25.6 Å². The highest BCUT2D eigenvalue weighted by atomic mass is 16.5. The largest absolute Gasteiger partial charge is 0.497 e. The van der Waals surface area contributed by atoms with Crippen LogP contribution in [0, 0.1) is 0 Å². The Morgan fingerprint density at radius 1 is 1.14 bits per heavy atom. The number of hydrogen-bond donors (Lipinski definition) is 2. The van der Waals surface area contributed by atoms with Gasteiger partial charge >= 0.3 is 11.8 Å². The van der Waals surface area contributed by atoms with Crippen molar-refractivity contribution in [3.63, 3.8) is 0 Å². The Morgan fingerprint density at radius 3 is 2.38 bits per heavy atom. The maximum absolute atomic E-state index is 11.7. The van der Waals surface area contributed by atoms with Crippen LogP contribution in [0.25, 0.3) is 0 Å². The molecule has 0 saturated carbocycles. The Kier molecular flexibility index (Phi) is 7.25. The monoisotopic (exact) mass is 294 g/mol. The first-order valence-electron chi connectivity index (χ1n) is 6.87. The normalized spacial score (nSPS) is 10.3. The molecule has 0 saturated heterocycles. The van der Waals surface area contributed by atoms with Gasteiger partial charge in [-0.05, 0) is 44.5 Å². The predicted octanol–water partition coefficient (Wildman–Crippen LogP) is 1.56. The molecule has 6 heteroatoms. The second-order valence-electron chi connectivity index (χ2n) is 4.71. The second kappa shape index (κ2) is 8.97. The van der Waals surface area contributed by atoms with Crippen LogP contribution in [-0.4, -0.2) is 38.2 Å². The van der Waals surface area contributed by atoms with E-state index in [9.17, 15) is 9.59 Å². The van der Waals surface area contributed by atoms with E-state index in [1.54, 1.807) is 31.4 Å². The molecule has 0 fully saturated rings. The number of benzene rings is 1. The van der Waals surface area contributed by atoms with Gasteiger partial charge in [-0.1, -0.05) is 0 Å². The summed E-state index contributed by atoms with van der Waals surface area (Å²) in [7, 11) is 1.56. The van der Waals surface area contributed by atoms with Crippen LogP contribution < -0.4 is 15.4 Å². The number of nitrogens with one attached hydrogen (secondary N) is 2. The van der Waals surface area contributed by atoms with E-state index in [2.05, 4.69) is 10.6 Å². The summed E-state index contributed by atoms with van der Waals surface area (Å²) < 4.78 is 10.3. The summed E-state index contributed by atoms with van der Waals surface area (Å²) in [4.78, 5) is 23.2. The van der Waals surface area contributed by atoms with E-state index in [0.29, 0.717) is 31.0 Å². The van der Waals surface area contributed by atoms with Gasteiger partial charge in [-0.15, -0.1) is 0 Å². The molecular weight excluding hydrogens is 272 g/mol. The summed E-state index contributed by atoms with van der Waals surface area (Å²) in [6.07, 6.45) is 0.832. The number of anilines is 1. The van der Waals surface area contributed by atoms with Gasteiger partial charge in [-0.25, -0.2) is 0 Å². The van der Waals surface area contributed by atoms with Crippen LogP contribution >= 0.6 is 0 Å². The van der Waals surface area contributed by atoms with E-state index in [-0.39, 0.29) is 6.10 Å². The maximum atomic E-state index is 11.7. The van der Waals surface area contributed by atoms with Crippen LogP contribution in [-0.2, 0) is 14.3 Å². The number of amides is 2. The molecule has 0 atom stereocenters. The minimum Gasteiger partial charge on any atom is -0.497 e. The Balaban J connectivity index is 2.28. The van der Waals surface area contributed by atoms with Crippen molar-refractivity contribution in [3.8, 4) is 5.75 Å². The maximum Gasteiger partial charge on any atom is 0.313 e. The molecule has 21 heavy (non-hydrogen) atoms. The molecule has 2 amide bonds. The fourth-order valence-corrected chi connectivity index (χ4v) is 1.54. The molecule has 6 nitrogen and oxygen atoms in total. The first kappa shape index (κ1) is 17.0. The lowest BCUT2D eigenvalue weighted by Gasteiger charge is -2.09. The van der Waals surface area contributed by atoms with E-state index >= 15 is 0 Å². The van der Waals surface area contributed by atoms with Crippen LogP contribution in [0.3, 0.4) is 0 Å². The van der Waals surface area contributed by atoms with Gasteiger partial charge in [0.15, 0.2) is 0 Å². The van der Waals surface area contributed by atoms with Crippen LogP contribution in [0.1, 0.15) is 20.3 Å². The van der Waals surface area contributed by atoms with Gasteiger partial charge in [0.2, 0.25) is 0 Å². The van der Waals surface area contributed by atoms with Crippen LogP contribution in [0.5, 0.6) is 5.75 Å². The van der Waals surface area contributed by atoms with Gasteiger partial charge in [0.25, 0.3) is 0 Å². The van der Waals surface area contributed by atoms with Crippen molar-refractivity contribution in [2.24, 2.45) is 0 Å². The Hall–Kier alpha value is -2.08. The molecular formula is C15H22N2O4. The predicted molar refractivity (Wildman–Crippen MR) is 80.3 cm³/mol. The number of rotatable bonds is 7. The number of carbonyl (C=O) groups is 2. The highest BCUT2D eigenvalue weighted by Crippen LogP contribution is 2.14. The van der Waals surface area contributed by atoms with Crippen LogP contribution in [0.4, 0.5) is 5.69 Å². The average molecular weight is 294 g/mol. The van der Waals surface area contributed by atoms with Gasteiger partial charge in [0.05, 0.1) is 13.2 Å². The van der Waals surface area contributed by atoms with Gasteiger partial charge < -0.3 is 20.1 Å². The summed E-state index contributed by atoms with van der Waals surface area (Å²) >= 11 is 0. The highest BCUT2D eigenvalue weighted by Gasteiger charge is 2.12. The molecule has 1 aromatic carbocycles. The number of carbonyl (C=O) groups excluding carboxylic acids is 2. The molecule has 0 radical (unpaired) electrons. The Bertz CT molecular complexity index is 457. The Morgan fingerprint density at radius 2 is 1.81 bits per heavy atom. The third-order valence-electron chi connectivity index (χ3n) is 2.61. The Labute approximate surface area is 124 Å². The highest BCUT2D eigenvalue weighted by molar-refractivity contribution is 6.39. The summed E-state index contributed by atoms with van der Waals surface area (Å²) in [6.45, 7) is 4.85. The summed E-state index contributed by atoms with van der Waals surface area (Å²) in [6, 6.07) is 6.74. The molecule has 0 aliphatic rings. The van der Waals surface area contributed by atoms with E-state index < -0.39 is 11.8 Å². The first-order chi connectivity index (χ1) is 10.0. The lowest BCUT2D eigenvalue weighted by molar-refractivity contribution is -0.136. The molecule has 0 spiro atoms. The minimum absolute atomic E-state index is 0.166.